The lowest BCUT2D eigenvalue weighted by Crippen LogP contribution is -2.31. The van der Waals surface area contributed by atoms with Crippen molar-refractivity contribution in [1.82, 2.24) is 0 Å². The average molecular weight is 304 g/mol. The van der Waals surface area contributed by atoms with E-state index >= 15 is 0 Å². The van der Waals surface area contributed by atoms with Crippen molar-refractivity contribution < 1.29 is 23.5 Å². The molecule has 20 heavy (non-hydrogen) atoms. The second kappa shape index (κ2) is 7.99. The maximum absolute atomic E-state index is 12.9. The van der Waals surface area contributed by atoms with Crippen LogP contribution < -0.4 is 0 Å². The molecule has 1 aliphatic carbocycles. The first-order valence-corrected chi connectivity index (χ1v) is 8.68. The molecule has 0 spiro atoms. The molecule has 116 valence electrons. The van der Waals surface area contributed by atoms with E-state index in [0.29, 0.717) is 13.0 Å². The molecule has 0 saturated carbocycles. The van der Waals surface area contributed by atoms with Gasteiger partial charge in [0, 0.05) is 0 Å². The molecule has 0 aliphatic heterocycles. The van der Waals surface area contributed by atoms with Crippen LogP contribution in [0.2, 0.25) is 0 Å². The highest BCUT2D eigenvalue weighted by Crippen LogP contribution is 2.61. The molecular formula is C14H25O5P. The van der Waals surface area contributed by atoms with E-state index in [1.54, 1.807) is 19.9 Å². The molecule has 0 bridgehead atoms. The van der Waals surface area contributed by atoms with Crippen LogP contribution in [0, 0.1) is 0 Å². The highest BCUT2D eigenvalue weighted by Gasteiger charge is 2.44. The molecule has 0 radical (unpaired) electrons. The third-order valence-corrected chi connectivity index (χ3v) is 5.30. The van der Waals surface area contributed by atoms with Crippen molar-refractivity contribution in [2.75, 3.05) is 19.8 Å². The van der Waals surface area contributed by atoms with Gasteiger partial charge in [-0.25, -0.2) is 0 Å². The average Bonchev–Trinajstić information content (AvgIpc) is 2.40. The summed E-state index contributed by atoms with van der Waals surface area (Å²) in [6.07, 6.45) is 7.07. The van der Waals surface area contributed by atoms with Gasteiger partial charge in [0.15, 0.2) is 0 Å². The largest absolute Gasteiger partial charge is 0.501 e. The zero-order valence-electron chi connectivity index (χ0n) is 12.5. The Balaban J connectivity index is 3.19. The number of hydrogen-bond donors (Lipinski definition) is 1. The lowest BCUT2D eigenvalue weighted by Gasteiger charge is -2.33. The van der Waals surface area contributed by atoms with Crippen LogP contribution >= 0.6 is 7.60 Å². The van der Waals surface area contributed by atoms with Crippen molar-refractivity contribution in [2.45, 2.75) is 45.6 Å². The summed E-state index contributed by atoms with van der Waals surface area (Å²) in [6, 6.07) is 0. The Labute approximate surface area is 121 Å². The van der Waals surface area contributed by atoms with Gasteiger partial charge in [-0.1, -0.05) is 12.2 Å². The Morgan fingerprint density at radius 1 is 1.30 bits per heavy atom. The Bertz CT molecular complexity index is 394. The van der Waals surface area contributed by atoms with E-state index < -0.39 is 13.2 Å². The molecule has 1 atom stereocenters. The summed E-state index contributed by atoms with van der Waals surface area (Å²) in [5.74, 6) is 0. The molecule has 1 aliphatic rings. The van der Waals surface area contributed by atoms with Crippen molar-refractivity contribution in [3.8, 4) is 0 Å². The van der Waals surface area contributed by atoms with E-state index in [4.69, 9.17) is 13.8 Å². The SMILES string of the molecule is CCO/C=C(\C1(O)C=CCCC1)P(=O)(OCC)OCC. The van der Waals surface area contributed by atoms with Gasteiger partial charge in [-0.3, -0.25) is 4.57 Å². The zero-order valence-corrected chi connectivity index (χ0v) is 13.4. The van der Waals surface area contributed by atoms with E-state index in [9.17, 15) is 9.67 Å². The first-order chi connectivity index (χ1) is 9.52. The smallest absolute Gasteiger partial charge is 0.363 e. The van der Waals surface area contributed by atoms with E-state index in [-0.39, 0.29) is 18.5 Å². The van der Waals surface area contributed by atoms with Crippen LogP contribution in [0.4, 0.5) is 0 Å². The van der Waals surface area contributed by atoms with Crippen molar-refractivity contribution >= 4 is 7.60 Å². The fourth-order valence-electron chi connectivity index (χ4n) is 2.15. The van der Waals surface area contributed by atoms with E-state index in [1.165, 1.54) is 6.26 Å². The lowest BCUT2D eigenvalue weighted by atomic mass is 9.91. The third-order valence-electron chi connectivity index (χ3n) is 3.02. The summed E-state index contributed by atoms with van der Waals surface area (Å²) in [5, 5.41) is 11.0. The summed E-state index contributed by atoms with van der Waals surface area (Å²) < 4.78 is 28.9. The number of aliphatic hydroxyl groups is 1. The van der Waals surface area contributed by atoms with Gasteiger partial charge in [0.05, 0.1) is 26.1 Å². The predicted molar refractivity (Wildman–Crippen MR) is 78.5 cm³/mol. The van der Waals surface area contributed by atoms with Crippen LogP contribution in [-0.4, -0.2) is 30.5 Å². The summed E-state index contributed by atoms with van der Waals surface area (Å²) in [7, 11) is -3.56. The Morgan fingerprint density at radius 3 is 2.40 bits per heavy atom. The van der Waals surface area contributed by atoms with Crippen LogP contribution in [0.5, 0.6) is 0 Å². The summed E-state index contributed by atoms with van der Waals surface area (Å²) >= 11 is 0. The first kappa shape index (κ1) is 17.4. The van der Waals surface area contributed by atoms with Crippen molar-refractivity contribution in [2.24, 2.45) is 0 Å². The van der Waals surface area contributed by atoms with Crippen LogP contribution in [0.15, 0.2) is 23.7 Å². The van der Waals surface area contributed by atoms with E-state index in [1.807, 2.05) is 13.0 Å². The van der Waals surface area contributed by atoms with Crippen molar-refractivity contribution in [3.05, 3.63) is 23.7 Å². The number of allylic oxidation sites excluding steroid dienone is 1. The summed E-state index contributed by atoms with van der Waals surface area (Å²) in [4.78, 5) is 0. The third kappa shape index (κ3) is 4.19. The summed E-state index contributed by atoms with van der Waals surface area (Å²) in [6.45, 7) is 6.19. The Hall–Kier alpha value is -0.610. The Kier molecular flexibility index (Phi) is 6.96. The van der Waals surface area contributed by atoms with Crippen LogP contribution in [0.3, 0.4) is 0 Å². The minimum atomic E-state index is -3.56. The minimum Gasteiger partial charge on any atom is -0.501 e. The Morgan fingerprint density at radius 2 is 1.95 bits per heavy atom. The number of ether oxygens (including phenoxy) is 1. The molecule has 0 aromatic carbocycles. The van der Waals surface area contributed by atoms with Crippen LogP contribution in [-0.2, 0) is 18.3 Å². The molecule has 1 unspecified atom stereocenters. The standard InChI is InChI=1S/C14H25O5P/c1-4-17-12-13(14(15)10-8-7-9-11-14)20(16,18-5-2)19-6-3/h8,10,12,15H,4-7,9,11H2,1-3H3/b13-12+. The van der Waals surface area contributed by atoms with Gasteiger partial charge in [-0.2, -0.15) is 0 Å². The highest BCUT2D eigenvalue weighted by atomic mass is 31.2. The van der Waals surface area contributed by atoms with Crippen LogP contribution in [0.1, 0.15) is 40.0 Å². The quantitative estimate of drug-likeness (QED) is 0.421. The summed E-state index contributed by atoms with van der Waals surface area (Å²) in [5.41, 5.74) is -1.33. The fraction of sp³-hybridized carbons (Fsp3) is 0.714. The normalized spacial score (nSPS) is 23.9. The van der Waals surface area contributed by atoms with E-state index in [0.717, 1.165) is 12.8 Å². The molecule has 0 aromatic rings. The maximum atomic E-state index is 12.9. The molecule has 1 N–H and O–H groups in total. The van der Waals surface area contributed by atoms with Gasteiger partial charge >= 0.3 is 7.60 Å². The molecule has 0 aromatic heterocycles. The predicted octanol–water partition coefficient (Wildman–Crippen LogP) is 3.60. The monoisotopic (exact) mass is 304 g/mol. The molecule has 0 fully saturated rings. The van der Waals surface area contributed by atoms with Crippen molar-refractivity contribution in [3.63, 3.8) is 0 Å². The van der Waals surface area contributed by atoms with Gasteiger partial charge in [0.2, 0.25) is 0 Å². The second-order valence-electron chi connectivity index (χ2n) is 4.51. The molecule has 0 amide bonds. The molecule has 1 rings (SSSR count). The minimum absolute atomic E-state index is 0.187. The van der Waals surface area contributed by atoms with Gasteiger partial charge < -0.3 is 18.9 Å². The van der Waals surface area contributed by atoms with Gasteiger partial charge in [0.25, 0.3) is 0 Å². The fourth-order valence-corrected chi connectivity index (χ4v) is 4.04. The van der Waals surface area contributed by atoms with Gasteiger partial charge in [0.1, 0.15) is 10.9 Å². The number of hydrogen-bond acceptors (Lipinski definition) is 5. The first-order valence-electron chi connectivity index (χ1n) is 7.14. The second-order valence-corrected chi connectivity index (χ2v) is 6.50. The van der Waals surface area contributed by atoms with Crippen LogP contribution in [0.25, 0.3) is 0 Å². The topological polar surface area (TPSA) is 65.0 Å². The molecule has 6 heteroatoms. The molecule has 5 nitrogen and oxygen atoms in total. The van der Waals surface area contributed by atoms with Crippen molar-refractivity contribution in [1.29, 1.82) is 0 Å². The van der Waals surface area contributed by atoms with Gasteiger partial charge in [-0.15, -0.1) is 0 Å². The molecular weight excluding hydrogens is 279 g/mol. The zero-order chi connectivity index (χ0) is 15.1. The van der Waals surface area contributed by atoms with E-state index in [2.05, 4.69) is 0 Å². The molecule has 0 heterocycles. The lowest BCUT2D eigenvalue weighted by molar-refractivity contribution is 0.105. The van der Waals surface area contributed by atoms with Gasteiger partial charge in [-0.05, 0) is 40.0 Å². The highest BCUT2D eigenvalue weighted by molar-refractivity contribution is 7.58. The maximum Gasteiger partial charge on any atom is 0.363 e. The number of rotatable bonds is 8. The molecule has 0 saturated heterocycles.